The maximum absolute atomic E-state index is 12.8. The Kier molecular flexibility index (Phi) is 43.2. The van der Waals surface area contributed by atoms with E-state index in [-0.39, 0.29) is 25.8 Å². The van der Waals surface area contributed by atoms with Crippen LogP contribution in [-0.2, 0) is 27.9 Å². The van der Waals surface area contributed by atoms with Crippen molar-refractivity contribution < 1.29 is 37.3 Å². The van der Waals surface area contributed by atoms with Crippen LogP contribution in [0.15, 0.2) is 122 Å². The number of hydrogen-bond donors (Lipinski definition) is 1. The molecule has 0 amide bonds. The summed E-state index contributed by atoms with van der Waals surface area (Å²) in [6.07, 6.45) is 65.3. The van der Waals surface area contributed by atoms with E-state index in [0.29, 0.717) is 24.1 Å². The monoisotopic (exact) mass is 897 g/mol. The molecule has 0 saturated heterocycles. The molecule has 0 fully saturated rings. The van der Waals surface area contributed by atoms with Crippen LogP contribution in [0.4, 0.5) is 0 Å². The second kappa shape index (κ2) is 45.5. The number of quaternary nitrogens is 1. The molecule has 63 heavy (non-hydrogen) atoms. The molecule has 358 valence electrons. The van der Waals surface area contributed by atoms with E-state index >= 15 is 0 Å². The van der Waals surface area contributed by atoms with Gasteiger partial charge in [0.25, 0.3) is 0 Å². The predicted molar refractivity (Wildman–Crippen MR) is 270 cm³/mol. The molecule has 0 radical (unpaired) electrons. The maximum Gasteiger partial charge on any atom is 0.472 e. The summed E-state index contributed by atoms with van der Waals surface area (Å²) in [5.74, 6) is -0.346. The summed E-state index contributed by atoms with van der Waals surface area (Å²) in [4.78, 5) is 23.0. The van der Waals surface area contributed by atoms with Gasteiger partial charge in [0.2, 0.25) is 0 Å². The minimum absolute atomic E-state index is 0.0699. The number of hydrogen-bond acceptors (Lipinski definition) is 6. The van der Waals surface area contributed by atoms with Gasteiger partial charge in [-0.25, -0.2) is 4.57 Å². The number of likely N-dealkylation sites (N-methyl/N-ethyl adjacent to an activating group) is 1. The summed E-state index contributed by atoms with van der Waals surface area (Å²) in [6.45, 7) is 5.23. The van der Waals surface area contributed by atoms with Crippen LogP contribution >= 0.6 is 7.82 Å². The first kappa shape index (κ1) is 59.9. The number of allylic oxidation sites excluding steroid dienone is 20. The summed E-state index contributed by atoms with van der Waals surface area (Å²) in [6, 6.07) is 0. The van der Waals surface area contributed by atoms with Crippen LogP contribution in [-0.4, -0.2) is 75.6 Å². The van der Waals surface area contributed by atoms with Gasteiger partial charge in [0, 0.05) is 13.0 Å². The highest BCUT2D eigenvalue weighted by Gasteiger charge is 2.26. The molecule has 2 atom stereocenters. The lowest BCUT2D eigenvalue weighted by atomic mass is 10.1. The van der Waals surface area contributed by atoms with Gasteiger partial charge in [-0.3, -0.25) is 13.8 Å². The van der Waals surface area contributed by atoms with Crippen LogP contribution < -0.4 is 0 Å². The summed E-state index contributed by atoms with van der Waals surface area (Å²) >= 11 is 0. The average Bonchev–Trinajstić information content (AvgIpc) is 3.24. The van der Waals surface area contributed by atoms with Crippen LogP contribution in [0.25, 0.3) is 0 Å². The normalized spacial score (nSPS) is 14.7. The van der Waals surface area contributed by atoms with E-state index in [1.165, 1.54) is 19.3 Å². The van der Waals surface area contributed by atoms with Gasteiger partial charge in [-0.2, -0.15) is 0 Å². The van der Waals surface area contributed by atoms with Crippen molar-refractivity contribution in [2.24, 2.45) is 0 Å². The lowest BCUT2D eigenvalue weighted by Crippen LogP contribution is -2.37. The minimum atomic E-state index is -4.30. The van der Waals surface area contributed by atoms with Crippen molar-refractivity contribution in [1.29, 1.82) is 0 Å². The summed E-state index contributed by atoms with van der Waals surface area (Å²) < 4.78 is 35.0. The molecule has 0 aromatic heterocycles. The zero-order valence-electron chi connectivity index (χ0n) is 40.5. The van der Waals surface area contributed by atoms with Crippen LogP contribution in [0.5, 0.6) is 0 Å². The van der Waals surface area contributed by atoms with Crippen molar-refractivity contribution >= 4 is 13.8 Å². The first-order valence-corrected chi connectivity index (χ1v) is 25.8. The van der Waals surface area contributed by atoms with Crippen molar-refractivity contribution in [3.8, 4) is 0 Å². The van der Waals surface area contributed by atoms with Gasteiger partial charge in [0.1, 0.15) is 19.3 Å². The lowest BCUT2D eigenvalue weighted by molar-refractivity contribution is -0.870. The lowest BCUT2D eigenvalue weighted by Gasteiger charge is -2.24. The quantitative estimate of drug-likeness (QED) is 0.0214. The van der Waals surface area contributed by atoms with E-state index in [1.54, 1.807) is 0 Å². The fourth-order valence-corrected chi connectivity index (χ4v) is 6.58. The second-order valence-electron chi connectivity index (χ2n) is 16.7. The van der Waals surface area contributed by atoms with E-state index in [1.807, 2.05) is 21.1 Å². The smallest absolute Gasteiger partial charge is 0.457 e. The first-order chi connectivity index (χ1) is 30.6. The van der Waals surface area contributed by atoms with Gasteiger partial charge in [-0.1, -0.05) is 167 Å². The largest absolute Gasteiger partial charge is 0.472 e. The van der Waals surface area contributed by atoms with Gasteiger partial charge in [-0.15, -0.1) is 0 Å². The third-order valence-electron chi connectivity index (χ3n) is 9.52. The van der Waals surface area contributed by atoms with Crippen LogP contribution in [0, 0.1) is 0 Å². The zero-order valence-corrected chi connectivity index (χ0v) is 41.4. The summed E-state index contributed by atoms with van der Waals surface area (Å²) in [5.41, 5.74) is 0. The minimum Gasteiger partial charge on any atom is -0.457 e. The van der Waals surface area contributed by atoms with E-state index in [2.05, 4.69) is 135 Å². The number of nitrogens with zero attached hydrogens (tertiary/aromatic N) is 1. The highest BCUT2D eigenvalue weighted by atomic mass is 31.2. The third kappa shape index (κ3) is 49.8. The molecule has 8 nitrogen and oxygen atoms in total. The van der Waals surface area contributed by atoms with E-state index < -0.39 is 13.9 Å². The predicted octanol–water partition coefficient (Wildman–Crippen LogP) is 14.9. The van der Waals surface area contributed by atoms with E-state index in [0.717, 1.165) is 116 Å². The third-order valence-corrected chi connectivity index (χ3v) is 10.5. The highest BCUT2D eigenvalue weighted by molar-refractivity contribution is 7.47. The van der Waals surface area contributed by atoms with Crippen molar-refractivity contribution in [2.45, 2.75) is 161 Å². The van der Waals surface area contributed by atoms with Gasteiger partial charge >= 0.3 is 13.8 Å². The van der Waals surface area contributed by atoms with Crippen molar-refractivity contribution in [3.05, 3.63) is 122 Å². The molecule has 0 saturated carbocycles. The average molecular weight is 897 g/mol. The molecule has 0 rings (SSSR count). The topological polar surface area (TPSA) is 91.3 Å². The van der Waals surface area contributed by atoms with Gasteiger partial charge < -0.3 is 18.9 Å². The Balaban J connectivity index is 4.31. The molecular weight excluding hydrogens is 806 g/mol. The fourth-order valence-electron chi connectivity index (χ4n) is 5.84. The number of ether oxygens (including phenoxy) is 2. The molecule has 0 aliphatic rings. The van der Waals surface area contributed by atoms with Gasteiger partial charge in [0.15, 0.2) is 0 Å². The van der Waals surface area contributed by atoms with Gasteiger partial charge in [0.05, 0.1) is 34.4 Å². The molecule has 0 heterocycles. The number of phosphoric acid groups is 1. The summed E-state index contributed by atoms with van der Waals surface area (Å²) in [7, 11) is 1.61. The van der Waals surface area contributed by atoms with Crippen molar-refractivity contribution in [3.63, 3.8) is 0 Å². The number of phosphoric ester groups is 1. The molecule has 1 N–H and O–H groups in total. The second-order valence-corrected chi connectivity index (χ2v) is 18.2. The van der Waals surface area contributed by atoms with Crippen LogP contribution in [0.3, 0.4) is 0 Å². The first-order valence-electron chi connectivity index (χ1n) is 24.3. The number of carbonyl (C=O) groups excluding carboxylic acids is 1. The Morgan fingerprint density at radius 3 is 1.30 bits per heavy atom. The Bertz CT molecular complexity index is 1410. The SMILES string of the molecule is CC/C=C\C/C=C\C/C=C\C/C=C\C/C=C\CCCCCCCCCC(=O)OC(COCCCC/C=C\C/C=C\C/C=C\C/C=C\C/C=C\CC)COP(=O)(O)OCC[N+](C)(C)C. The highest BCUT2D eigenvalue weighted by Crippen LogP contribution is 2.43. The Labute approximate surface area is 386 Å². The maximum atomic E-state index is 12.8. The molecule has 0 aliphatic heterocycles. The van der Waals surface area contributed by atoms with Crippen molar-refractivity contribution in [2.75, 3.05) is 54.1 Å². The Morgan fingerprint density at radius 2 is 0.873 bits per heavy atom. The molecule has 0 bridgehead atoms. The Morgan fingerprint density at radius 1 is 0.492 bits per heavy atom. The molecule has 0 aromatic rings. The number of esters is 1. The molecular formula is C54H91NO7P+. The van der Waals surface area contributed by atoms with Crippen molar-refractivity contribution in [1.82, 2.24) is 0 Å². The van der Waals surface area contributed by atoms with Crippen LogP contribution in [0.1, 0.15) is 155 Å². The molecule has 0 aromatic carbocycles. The molecule has 0 aliphatic carbocycles. The number of carbonyl (C=O) groups is 1. The molecule has 2 unspecified atom stereocenters. The zero-order chi connectivity index (χ0) is 46.2. The molecule has 0 spiro atoms. The standard InChI is InChI=1S/C54H90NO7P/c1-6-8-10-12-14-16-18-20-22-24-26-27-28-29-30-31-33-35-37-39-41-43-45-47-54(56)62-53(52-61-63(57,58)60-50-48-55(3,4)5)51-59-49-46-44-42-40-38-36-34-32-25-23-21-19-17-15-13-11-9-7-2/h8-11,14-17,20-23,26-27,29-30,32,34,38,40,53H,6-7,12-13,18-19,24-25,28,31,33,35-37,39,41-52H2,1-5H3/p+1/b10-8-,11-9-,16-14-,17-15-,22-20-,23-21-,27-26-,30-29-,34-32-,40-38-. The van der Waals surface area contributed by atoms with E-state index in [4.69, 9.17) is 18.5 Å². The van der Waals surface area contributed by atoms with E-state index in [9.17, 15) is 14.3 Å². The fraction of sp³-hybridized carbons (Fsp3) is 0.611. The van der Waals surface area contributed by atoms with Crippen LogP contribution in [0.2, 0.25) is 0 Å². The number of unbranched alkanes of at least 4 members (excludes halogenated alkanes) is 9. The summed E-state index contributed by atoms with van der Waals surface area (Å²) in [5, 5.41) is 0. The number of rotatable bonds is 43. The van der Waals surface area contributed by atoms with Gasteiger partial charge in [-0.05, 0) is 103 Å². The molecule has 9 heteroatoms. The Hall–Kier alpha value is -3.10.